The van der Waals surface area contributed by atoms with Crippen molar-refractivity contribution in [3.8, 4) is 0 Å². The number of sulfonamides is 1. The van der Waals surface area contributed by atoms with Gasteiger partial charge in [0, 0.05) is 39.1 Å². The molecule has 1 fully saturated rings. The first-order chi connectivity index (χ1) is 13.2. The Morgan fingerprint density at radius 2 is 1.96 bits per heavy atom. The van der Waals surface area contributed by atoms with Crippen LogP contribution in [0.3, 0.4) is 0 Å². The number of benzene rings is 1. The molecule has 1 aliphatic heterocycles. The lowest BCUT2D eigenvalue weighted by molar-refractivity contribution is -0.126. The second kappa shape index (κ2) is 8.32. The number of nitrogens with zero attached hydrogens (tertiary/aromatic N) is 3. The van der Waals surface area contributed by atoms with E-state index in [4.69, 9.17) is 0 Å². The van der Waals surface area contributed by atoms with Gasteiger partial charge in [0.25, 0.3) is 0 Å². The van der Waals surface area contributed by atoms with Gasteiger partial charge in [0.05, 0.1) is 15.1 Å². The predicted octanol–water partition coefficient (Wildman–Crippen LogP) is 0.679. The standard InChI is InChI=1S/C18H26N4O4S2/c1-20(2)11-8-19-17(23)13-6-9-22(10-7-13)28(25,26)14-4-5-15-16(12-14)27-18(24)21(15)3/h4-5,12-13H,6-11H2,1-3H3,(H,19,23). The average Bonchev–Trinajstić information content (AvgIpc) is 2.95. The van der Waals surface area contributed by atoms with Crippen LogP contribution in [0.4, 0.5) is 0 Å². The van der Waals surface area contributed by atoms with Gasteiger partial charge in [0.15, 0.2) is 0 Å². The summed E-state index contributed by atoms with van der Waals surface area (Å²) in [5.41, 5.74) is 0.724. The normalized spacial score (nSPS) is 16.7. The smallest absolute Gasteiger partial charge is 0.307 e. The van der Waals surface area contributed by atoms with Gasteiger partial charge in [-0.25, -0.2) is 8.42 Å². The van der Waals surface area contributed by atoms with E-state index in [1.165, 1.54) is 8.87 Å². The lowest BCUT2D eigenvalue weighted by atomic mass is 9.97. The number of fused-ring (bicyclic) bond motifs is 1. The second-order valence-electron chi connectivity index (χ2n) is 7.33. The molecule has 28 heavy (non-hydrogen) atoms. The molecule has 0 spiro atoms. The highest BCUT2D eigenvalue weighted by atomic mass is 32.2. The van der Waals surface area contributed by atoms with Gasteiger partial charge < -0.3 is 14.8 Å². The molecule has 0 saturated carbocycles. The summed E-state index contributed by atoms with van der Waals surface area (Å²) in [6, 6.07) is 4.78. The van der Waals surface area contributed by atoms with Crippen molar-refractivity contribution in [1.29, 1.82) is 0 Å². The lowest BCUT2D eigenvalue weighted by Gasteiger charge is -2.30. The first kappa shape index (κ1) is 21.0. The van der Waals surface area contributed by atoms with Gasteiger partial charge >= 0.3 is 4.87 Å². The molecule has 3 rings (SSSR count). The predicted molar refractivity (Wildman–Crippen MR) is 110 cm³/mol. The fourth-order valence-corrected chi connectivity index (χ4v) is 5.82. The van der Waals surface area contributed by atoms with E-state index in [1.54, 1.807) is 25.2 Å². The molecule has 1 aliphatic rings. The number of aromatic nitrogens is 1. The van der Waals surface area contributed by atoms with E-state index in [9.17, 15) is 18.0 Å². The Balaban J connectivity index is 1.66. The van der Waals surface area contributed by atoms with Crippen molar-refractivity contribution in [2.75, 3.05) is 40.3 Å². The monoisotopic (exact) mass is 426 g/mol. The van der Waals surface area contributed by atoms with Gasteiger partial charge in [-0.15, -0.1) is 0 Å². The molecule has 0 aliphatic carbocycles. The van der Waals surface area contributed by atoms with E-state index in [0.717, 1.165) is 23.4 Å². The highest BCUT2D eigenvalue weighted by Gasteiger charge is 2.32. The summed E-state index contributed by atoms with van der Waals surface area (Å²) in [5, 5.41) is 2.92. The molecule has 1 N–H and O–H groups in total. The number of nitrogens with one attached hydrogen (secondary N) is 1. The molecule has 2 heterocycles. The molecule has 1 aromatic carbocycles. The van der Waals surface area contributed by atoms with Gasteiger partial charge in [-0.05, 0) is 45.1 Å². The van der Waals surface area contributed by atoms with Crippen LogP contribution >= 0.6 is 11.3 Å². The molecule has 0 atom stereocenters. The molecule has 10 heteroatoms. The van der Waals surface area contributed by atoms with Crippen molar-refractivity contribution >= 4 is 37.5 Å². The van der Waals surface area contributed by atoms with Crippen molar-refractivity contribution in [3.05, 3.63) is 27.9 Å². The molecule has 2 aromatic rings. The minimum Gasteiger partial charge on any atom is -0.355 e. The number of hydrogen-bond acceptors (Lipinski definition) is 6. The minimum absolute atomic E-state index is 0.00521. The maximum Gasteiger partial charge on any atom is 0.307 e. The number of thiazole rings is 1. The molecule has 1 amide bonds. The Morgan fingerprint density at radius 3 is 2.61 bits per heavy atom. The van der Waals surface area contributed by atoms with Crippen LogP contribution in [-0.4, -0.2) is 68.4 Å². The first-order valence-electron chi connectivity index (χ1n) is 9.22. The third-order valence-corrected chi connectivity index (χ3v) is 7.97. The molecule has 0 bridgehead atoms. The zero-order valence-electron chi connectivity index (χ0n) is 16.3. The zero-order chi connectivity index (χ0) is 20.5. The molecule has 0 radical (unpaired) electrons. The molecular formula is C18H26N4O4S2. The summed E-state index contributed by atoms with van der Waals surface area (Å²) in [4.78, 5) is 26.1. The zero-order valence-corrected chi connectivity index (χ0v) is 18.0. The molecular weight excluding hydrogens is 400 g/mol. The number of carbonyl (C=O) groups excluding carboxylic acids is 1. The van der Waals surface area contributed by atoms with Gasteiger partial charge in [-0.3, -0.25) is 9.59 Å². The second-order valence-corrected chi connectivity index (χ2v) is 10.3. The molecule has 1 aromatic heterocycles. The summed E-state index contributed by atoms with van der Waals surface area (Å²) in [6.45, 7) is 1.99. The van der Waals surface area contributed by atoms with Crippen LogP contribution in [0.5, 0.6) is 0 Å². The third kappa shape index (κ3) is 4.29. The Kier molecular flexibility index (Phi) is 6.23. The maximum absolute atomic E-state index is 13.0. The van der Waals surface area contributed by atoms with E-state index in [-0.39, 0.29) is 21.6 Å². The molecule has 0 unspecified atom stereocenters. The van der Waals surface area contributed by atoms with Crippen LogP contribution in [0.25, 0.3) is 10.2 Å². The Hall–Kier alpha value is -1.75. The van der Waals surface area contributed by atoms with Gasteiger partial charge in [-0.1, -0.05) is 11.3 Å². The maximum atomic E-state index is 13.0. The Morgan fingerprint density at radius 1 is 1.29 bits per heavy atom. The van der Waals surface area contributed by atoms with E-state index in [2.05, 4.69) is 5.32 Å². The van der Waals surface area contributed by atoms with Crippen molar-refractivity contribution in [1.82, 2.24) is 19.1 Å². The number of aryl methyl sites for hydroxylation is 1. The largest absolute Gasteiger partial charge is 0.355 e. The summed E-state index contributed by atoms with van der Waals surface area (Å²) >= 11 is 1.04. The fraction of sp³-hybridized carbons (Fsp3) is 0.556. The van der Waals surface area contributed by atoms with Crippen molar-refractivity contribution < 1.29 is 13.2 Å². The van der Waals surface area contributed by atoms with E-state index in [1.807, 2.05) is 19.0 Å². The quantitative estimate of drug-likeness (QED) is 0.733. The van der Waals surface area contributed by atoms with E-state index < -0.39 is 10.0 Å². The highest BCUT2D eigenvalue weighted by molar-refractivity contribution is 7.89. The van der Waals surface area contributed by atoms with Crippen LogP contribution < -0.4 is 10.2 Å². The lowest BCUT2D eigenvalue weighted by Crippen LogP contribution is -2.43. The van der Waals surface area contributed by atoms with Crippen LogP contribution in [0.1, 0.15) is 12.8 Å². The number of hydrogen-bond donors (Lipinski definition) is 1. The number of piperidine rings is 1. The van der Waals surface area contributed by atoms with Gasteiger partial charge in [0.1, 0.15) is 0 Å². The average molecular weight is 427 g/mol. The summed E-state index contributed by atoms with van der Waals surface area (Å²) < 4.78 is 29.6. The van der Waals surface area contributed by atoms with Crippen LogP contribution in [-0.2, 0) is 21.9 Å². The number of amides is 1. The molecule has 1 saturated heterocycles. The third-order valence-electron chi connectivity index (χ3n) is 5.08. The fourth-order valence-electron chi connectivity index (χ4n) is 3.33. The number of carbonyl (C=O) groups is 1. The van der Waals surface area contributed by atoms with E-state index >= 15 is 0 Å². The first-order valence-corrected chi connectivity index (χ1v) is 11.5. The minimum atomic E-state index is -3.64. The van der Waals surface area contributed by atoms with E-state index in [0.29, 0.717) is 37.2 Å². The van der Waals surface area contributed by atoms with Crippen molar-refractivity contribution in [2.45, 2.75) is 17.7 Å². The summed E-state index contributed by atoms with van der Waals surface area (Å²) in [5.74, 6) is -0.162. The van der Waals surface area contributed by atoms with Crippen LogP contribution in [0, 0.1) is 5.92 Å². The van der Waals surface area contributed by atoms with Crippen LogP contribution in [0.2, 0.25) is 0 Å². The number of likely N-dealkylation sites (N-methyl/N-ethyl adjacent to an activating group) is 1. The summed E-state index contributed by atoms with van der Waals surface area (Å²) in [6.07, 6.45) is 1.02. The Bertz CT molecular complexity index is 1020. The number of rotatable bonds is 6. The van der Waals surface area contributed by atoms with Gasteiger partial charge in [0.2, 0.25) is 15.9 Å². The summed E-state index contributed by atoms with van der Waals surface area (Å²) in [7, 11) is 1.92. The topological polar surface area (TPSA) is 91.7 Å². The Labute approximate surface area is 168 Å². The molecule has 154 valence electrons. The van der Waals surface area contributed by atoms with Gasteiger partial charge in [-0.2, -0.15) is 4.31 Å². The van der Waals surface area contributed by atoms with Crippen molar-refractivity contribution in [2.24, 2.45) is 13.0 Å². The SMILES string of the molecule is CN(C)CCNC(=O)C1CCN(S(=O)(=O)c2ccc3c(c2)sc(=O)n3C)CC1. The van der Waals surface area contributed by atoms with Crippen LogP contribution in [0.15, 0.2) is 27.9 Å². The van der Waals surface area contributed by atoms with Crippen molar-refractivity contribution in [3.63, 3.8) is 0 Å². The molecule has 8 nitrogen and oxygen atoms in total. The highest BCUT2D eigenvalue weighted by Crippen LogP contribution is 2.27.